The zero-order chi connectivity index (χ0) is 19.7. The van der Waals surface area contributed by atoms with Crippen molar-refractivity contribution in [3.8, 4) is 0 Å². The molecule has 0 bridgehead atoms. The zero-order valence-corrected chi connectivity index (χ0v) is 15.3. The number of hydrogen-bond acceptors (Lipinski definition) is 4. The number of fused-ring (bicyclic) bond motifs is 1. The third kappa shape index (κ3) is 3.87. The third-order valence-electron chi connectivity index (χ3n) is 4.72. The summed E-state index contributed by atoms with van der Waals surface area (Å²) in [6.45, 7) is 3.80. The van der Waals surface area contributed by atoms with E-state index in [0.29, 0.717) is 17.2 Å². The Morgan fingerprint density at radius 3 is 2.86 bits per heavy atom. The molecule has 8 heteroatoms. The van der Waals surface area contributed by atoms with Gasteiger partial charge in [-0.25, -0.2) is 9.50 Å². The van der Waals surface area contributed by atoms with Crippen LogP contribution in [-0.2, 0) is 12.7 Å². The first-order valence-electron chi connectivity index (χ1n) is 9.07. The monoisotopic (exact) mass is 387 g/mol. The summed E-state index contributed by atoms with van der Waals surface area (Å²) < 4.78 is 40.5. The van der Waals surface area contributed by atoms with Crippen molar-refractivity contribution in [2.75, 3.05) is 18.4 Å². The second kappa shape index (κ2) is 7.27. The number of nitrogens with one attached hydrogen (secondary N) is 2. The number of aryl methyl sites for hydroxylation is 1. The third-order valence-corrected chi connectivity index (χ3v) is 4.72. The number of anilines is 1. The molecule has 0 fully saturated rings. The SMILES string of the molecule is Cc1nc(NCc2cccc(C(F)(F)F)c2)c2cc(C3=CCNCC3)cn2n1. The van der Waals surface area contributed by atoms with Crippen LogP contribution in [0.15, 0.2) is 42.6 Å². The minimum Gasteiger partial charge on any atom is -0.364 e. The van der Waals surface area contributed by atoms with Gasteiger partial charge < -0.3 is 10.6 Å². The smallest absolute Gasteiger partial charge is 0.364 e. The molecule has 0 radical (unpaired) electrons. The number of rotatable bonds is 4. The van der Waals surface area contributed by atoms with Crippen molar-refractivity contribution < 1.29 is 13.2 Å². The van der Waals surface area contributed by atoms with E-state index in [1.807, 2.05) is 12.3 Å². The number of halogens is 3. The second-order valence-corrected chi connectivity index (χ2v) is 6.80. The van der Waals surface area contributed by atoms with E-state index in [2.05, 4.69) is 26.8 Å². The van der Waals surface area contributed by atoms with E-state index in [4.69, 9.17) is 0 Å². The second-order valence-electron chi connectivity index (χ2n) is 6.80. The largest absolute Gasteiger partial charge is 0.416 e. The quantitative estimate of drug-likeness (QED) is 0.709. The fourth-order valence-corrected chi connectivity index (χ4v) is 3.34. The van der Waals surface area contributed by atoms with Crippen LogP contribution in [0.4, 0.5) is 19.0 Å². The van der Waals surface area contributed by atoms with Crippen LogP contribution < -0.4 is 10.6 Å². The van der Waals surface area contributed by atoms with Crippen molar-refractivity contribution in [1.82, 2.24) is 19.9 Å². The number of aromatic nitrogens is 3. The Balaban J connectivity index is 1.62. The maximum atomic E-state index is 12.9. The Morgan fingerprint density at radius 1 is 1.25 bits per heavy atom. The highest BCUT2D eigenvalue weighted by molar-refractivity contribution is 5.76. The Morgan fingerprint density at radius 2 is 2.11 bits per heavy atom. The van der Waals surface area contributed by atoms with Gasteiger partial charge in [-0.15, -0.1) is 0 Å². The van der Waals surface area contributed by atoms with E-state index in [1.54, 1.807) is 17.5 Å². The average molecular weight is 387 g/mol. The summed E-state index contributed by atoms with van der Waals surface area (Å²) in [5, 5.41) is 10.9. The fraction of sp³-hybridized carbons (Fsp3) is 0.300. The molecule has 4 rings (SSSR count). The zero-order valence-electron chi connectivity index (χ0n) is 15.3. The van der Waals surface area contributed by atoms with Gasteiger partial charge in [0.1, 0.15) is 11.3 Å². The Kier molecular flexibility index (Phi) is 4.80. The van der Waals surface area contributed by atoms with Crippen molar-refractivity contribution in [3.05, 3.63) is 65.1 Å². The van der Waals surface area contributed by atoms with Crippen LogP contribution in [0.1, 0.15) is 28.9 Å². The number of hydrogen-bond donors (Lipinski definition) is 2. The van der Waals surface area contributed by atoms with Gasteiger partial charge in [-0.3, -0.25) is 0 Å². The summed E-state index contributed by atoms with van der Waals surface area (Å²) in [6, 6.07) is 7.33. The molecular weight excluding hydrogens is 367 g/mol. The van der Waals surface area contributed by atoms with Crippen molar-refractivity contribution >= 4 is 16.9 Å². The van der Waals surface area contributed by atoms with Crippen LogP contribution in [0.5, 0.6) is 0 Å². The standard InChI is InChI=1S/C20H20F3N5/c1-13-26-19(25-11-14-3-2-4-17(9-14)20(21,22)23)18-10-16(12-28(18)27-13)15-5-7-24-8-6-15/h2-5,9-10,12,24H,6-8,11H2,1H3,(H,25,26,27). The molecule has 0 unspecified atom stereocenters. The molecule has 0 amide bonds. The lowest BCUT2D eigenvalue weighted by Gasteiger charge is -2.12. The van der Waals surface area contributed by atoms with Crippen molar-refractivity contribution in [2.24, 2.45) is 0 Å². The van der Waals surface area contributed by atoms with Crippen molar-refractivity contribution in [1.29, 1.82) is 0 Å². The van der Waals surface area contributed by atoms with Gasteiger partial charge in [-0.2, -0.15) is 18.3 Å². The molecule has 0 saturated heterocycles. The first kappa shape index (κ1) is 18.5. The number of benzene rings is 1. The molecule has 0 spiro atoms. The average Bonchev–Trinajstić information content (AvgIpc) is 3.10. The molecular formula is C20H20F3N5. The van der Waals surface area contributed by atoms with E-state index >= 15 is 0 Å². The van der Waals surface area contributed by atoms with Crippen LogP contribution in [0, 0.1) is 6.92 Å². The molecule has 0 saturated carbocycles. The summed E-state index contributed by atoms with van der Waals surface area (Å²) in [5.74, 6) is 1.19. The van der Waals surface area contributed by atoms with Crippen molar-refractivity contribution in [2.45, 2.75) is 26.1 Å². The predicted molar refractivity (Wildman–Crippen MR) is 102 cm³/mol. The molecule has 5 nitrogen and oxygen atoms in total. The van der Waals surface area contributed by atoms with Gasteiger partial charge in [0, 0.05) is 19.3 Å². The lowest BCUT2D eigenvalue weighted by atomic mass is 10.0. The van der Waals surface area contributed by atoms with Crippen LogP contribution in [0.3, 0.4) is 0 Å². The van der Waals surface area contributed by atoms with E-state index in [1.165, 1.54) is 11.6 Å². The lowest BCUT2D eigenvalue weighted by Crippen LogP contribution is -2.19. The molecule has 0 aliphatic carbocycles. The minimum atomic E-state index is -4.35. The summed E-state index contributed by atoms with van der Waals surface area (Å²) >= 11 is 0. The van der Waals surface area contributed by atoms with E-state index in [9.17, 15) is 13.2 Å². The molecule has 3 aromatic rings. The molecule has 146 valence electrons. The molecule has 1 aliphatic heterocycles. The summed E-state index contributed by atoms with van der Waals surface area (Å²) in [4.78, 5) is 4.45. The van der Waals surface area contributed by atoms with Gasteiger partial charge in [0.05, 0.1) is 5.56 Å². The molecule has 2 N–H and O–H groups in total. The molecule has 1 aliphatic rings. The lowest BCUT2D eigenvalue weighted by molar-refractivity contribution is -0.137. The Hall–Kier alpha value is -2.87. The van der Waals surface area contributed by atoms with Gasteiger partial charge in [0.2, 0.25) is 0 Å². The van der Waals surface area contributed by atoms with Crippen molar-refractivity contribution in [3.63, 3.8) is 0 Å². The summed E-state index contributed by atoms with van der Waals surface area (Å²) in [7, 11) is 0. The number of alkyl halides is 3. The first-order valence-corrected chi connectivity index (χ1v) is 9.07. The predicted octanol–water partition coefficient (Wildman–Crippen LogP) is 4.05. The van der Waals surface area contributed by atoms with E-state index in [0.717, 1.165) is 42.7 Å². The molecule has 1 aromatic carbocycles. The maximum absolute atomic E-state index is 12.9. The molecule has 0 atom stereocenters. The topological polar surface area (TPSA) is 54.2 Å². The van der Waals surface area contributed by atoms with Gasteiger partial charge in [0.15, 0.2) is 5.82 Å². The van der Waals surface area contributed by atoms with E-state index < -0.39 is 11.7 Å². The first-order chi connectivity index (χ1) is 13.4. The fourth-order valence-electron chi connectivity index (χ4n) is 3.34. The summed E-state index contributed by atoms with van der Waals surface area (Å²) in [5.41, 5.74) is 3.02. The highest BCUT2D eigenvalue weighted by Crippen LogP contribution is 2.30. The minimum absolute atomic E-state index is 0.239. The molecule has 3 heterocycles. The normalized spacial score (nSPS) is 14.9. The van der Waals surface area contributed by atoms with Gasteiger partial charge in [-0.05, 0) is 54.8 Å². The van der Waals surface area contributed by atoms with Gasteiger partial charge in [-0.1, -0.05) is 18.2 Å². The molecule has 28 heavy (non-hydrogen) atoms. The van der Waals surface area contributed by atoms with Gasteiger partial charge >= 0.3 is 6.18 Å². The summed E-state index contributed by atoms with van der Waals surface area (Å²) in [6.07, 6.45) is 0.717. The highest BCUT2D eigenvalue weighted by Gasteiger charge is 2.30. The Labute approximate surface area is 160 Å². The van der Waals surface area contributed by atoms with Gasteiger partial charge in [0.25, 0.3) is 0 Å². The highest BCUT2D eigenvalue weighted by atomic mass is 19.4. The van der Waals surface area contributed by atoms with Crippen LogP contribution in [0.2, 0.25) is 0 Å². The van der Waals surface area contributed by atoms with Crippen LogP contribution >= 0.6 is 0 Å². The Bertz CT molecular complexity index is 1040. The van der Waals surface area contributed by atoms with Crippen LogP contribution in [0.25, 0.3) is 11.1 Å². The number of nitrogens with zero attached hydrogens (tertiary/aromatic N) is 3. The molecule has 2 aromatic heterocycles. The van der Waals surface area contributed by atoms with Crippen LogP contribution in [-0.4, -0.2) is 27.7 Å². The van der Waals surface area contributed by atoms with E-state index in [-0.39, 0.29) is 6.54 Å². The maximum Gasteiger partial charge on any atom is 0.416 e.